The average Bonchev–Trinajstić information content (AvgIpc) is 2.94. The van der Waals surface area contributed by atoms with Crippen LogP contribution in [0.25, 0.3) is 10.9 Å². The van der Waals surface area contributed by atoms with Crippen LogP contribution in [0.4, 0.5) is 5.69 Å². The number of halogens is 2. The Balaban J connectivity index is 2.20. The van der Waals surface area contributed by atoms with E-state index in [-0.39, 0.29) is 27.9 Å². The maximum atomic E-state index is 12.7. The topological polar surface area (TPSA) is 88.3 Å². The smallest absolute Gasteiger partial charge is 0.356 e. The van der Waals surface area contributed by atoms with Crippen LogP contribution in [0.3, 0.4) is 0 Å². The molecule has 1 aromatic heterocycles. The number of anilines is 1. The van der Waals surface area contributed by atoms with Crippen molar-refractivity contribution in [2.45, 2.75) is 11.8 Å². The molecule has 2 aromatic carbocycles. The number of rotatable bonds is 5. The third kappa shape index (κ3) is 3.51. The fourth-order valence-corrected chi connectivity index (χ4v) is 4.19. The lowest BCUT2D eigenvalue weighted by Gasteiger charge is -2.10. The highest BCUT2D eigenvalue weighted by Crippen LogP contribution is 2.37. The van der Waals surface area contributed by atoms with Gasteiger partial charge in [0, 0.05) is 10.4 Å². The molecule has 0 amide bonds. The number of sulfonamides is 1. The molecule has 0 saturated carbocycles. The van der Waals surface area contributed by atoms with E-state index in [0.29, 0.717) is 15.9 Å². The standard InChI is InChI=1S/C17H14Cl2N2O4S/c1-2-25-17(22)16-15(14-12(19)8-10(18)9-13(14)20-16)21-26(23,24)11-6-4-3-5-7-11/h3-9,20-21H,2H2,1H3. The first kappa shape index (κ1) is 18.6. The molecule has 0 atom stereocenters. The van der Waals surface area contributed by atoms with E-state index in [1.165, 1.54) is 18.2 Å². The van der Waals surface area contributed by atoms with E-state index in [9.17, 15) is 13.2 Å². The van der Waals surface area contributed by atoms with E-state index in [0.717, 1.165) is 0 Å². The third-order valence-electron chi connectivity index (χ3n) is 3.58. The van der Waals surface area contributed by atoms with Gasteiger partial charge in [-0.25, -0.2) is 13.2 Å². The number of ether oxygens (including phenoxy) is 1. The van der Waals surface area contributed by atoms with E-state index >= 15 is 0 Å². The third-order valence-corrected chi connectivity index (χ3v) is 5.47. The van der Waals surface area contributed by atoms with E-state index in [1.54, 1.807) is 31.2 Å². The minimum absolute atomic E-state index is 0.0176. The Labute approximate surface area is 160 Å². The lowest BCUT2D eigenvalue weighted by molar-refractivity contribution is 0.0522. The molecule has 0 aliphatic rings. The van der Waals surface area contributed by atoms with Gasteiger partial charge in [-0.1, -0.05) is 41.4 Å². The highest BCUT2D eigenvalue weighted by molar-refractivity contribution is 7.92. The van der Waals surface area contributed by atoms with Gasteiger partial charge in [-0.2, -0.15) is 0 Å². The van der Waals surface area contributed by atoms with E-state index in [1.807, 2.05) is 0 Å². The monoisotopic (exact) mass is 412 g/mol. The largest absolute Gasteiger partial charge is 0.461 e. The number of aromatic nitrogens is 1. The molecule has 0 bridgehead atoms. The Morgan fingerprint density at radius 1 is 1.19 bits per heavy atom. The van der Waals surface area contributed by atoms with Crippen LogP contribution in [-0.2, 0) is 14.8 Å². The number of carbonyl (C=O) groups is 1. The van der Waals surface area contributed by atoms with Crippen molar-refractivity contribution in [3.63, 3.8) is 0 Å². The van der Waals surface area contributed by atoms with Crippen LogP contribution in [0.2, 0.25) is 10.0 Å². The van der Waals surface area contributed by atoms with E-state index < -0.39 is 16.0 Å². The SMILES string of the molecule is CCOC(=O)c1[nH]c2cc(Cl)cc(Cl)c2c1NS(=O)(=O)c1ccccc1. The lowest BCUT2D eigenvalue weighted by Crippen LogP contribution is -2.16. The van der Waals surface area contributed by atoms with Crippen molar-refractivity contribution in [2.75, 3.05) is 11.3 Å². The summed E-state index contributed by atoms with van der Waals surface area (Å²) in [5.74, 6) is -0.707. The quantitative estimate of drug-likeness (QED) is 0.605. The minimum Gasteiger partial charge on any atom is -0.461 e. The number of aromatic amines is 1. The van der Waals surface area contributed by atoms with Crippen molar-refractivity contribution in [1.29, 1.82) is 0 Å². The van der Waals surface area contributed by atoms with Gasteiger partial charge in [0.2, 0.25) is 0 Å². The summed E-state index contributed by atoms with van der Waals surface area (Å²) in [5.41, 5.74) is 0.380. The summed E-state index contributed by atoms with van der Waals surface area (Å²) >= 11 is 12.2. The predicted octanol–water partition coefficient (Wildman–Crippen LogP) is 4.45. The molecule has 1 heterocycles. The van der Waals surface area contributed by atoms with Gasteiger partial charge in [0.15, 0.2) is 5.69 Å². The predicted molar refractivity (Wildman–Crippen MR) is 102 cm³/mol. The van der Waals surface area contributed by atoms with Gasteiger partial charge in [-0.05, 0) is 31.2 Å². The highest BCUT2D eigenvalue weighted by Gasteiger charge is 2.25. The Hall–Kier alpha value is -2.22. The molecule has 0 spiro atoms. The Morgan fingerprint density at radius 3 is 2.54 bits per heavy atom. The summed E-state index contributed by atoms with van der Waals surface area (Å²) < 4.78 is 32.9. The number of hydrogen-bond acceptors (Lipinski definition) is 4. The van der Waals surface area contributed by atoms with Crippen molar-refractivity contribution < 1.29 is 17.9 Å². The second-order valence-electron chi connectivity index (χ2n) is 5.32. The Bertz CT molecular complexity index is 1080. The average molecular weight is 413 g/mol. The van der Waals surface area contributed by atoms with Gasteiger partial charge in [-0.15, -0.1) is 0 Å². The van der Waals surface area contributed by atoms with Crippen LogP contribution in [0.5, 0.6) is 0 Å². The summed E-state index contributed by atoms with van der Waals surface area (Å²) in [4.78, 5) is 15.2. The second kappa shape index (κ2) is 7.19. The molecule has 0 fully saturated rings. The van der Waals surface area contributed by atoms with E-state index in [2.05, 4.69) is 9.71 Å². The molecule has 26 heavy (non-hydrogen) atoms. The summed E-state index contributed by atoms with van der Waals surface area (Å²) in [6, 6.07) is 10.8. The molecule has 0 radical (unpaired) electrons. The molecule has 2 N–H and O–H groups in total. The van der Waals surface area contributed by atoms with E-state index in [4.69, 9.17) is 27.9 Å². The lowest BCUT2D eigenvalue weighted by atomic mass is 10.2. The van der Waals surface area contributed by atoms with Crippen LogP contribution in [-0.4, -0.2) is 26.0 Å². The van der Waals surface area contributed by atoms with Crippen LogP contribution >= 0.6 is 23.2 Å². The second-order valence-corrected chi connectivity index (χ2v) is 7.85. The summed E-state index contributed by atoms with van der Waals surface area (Å²) in [6.45, 7) is 1.78. The minimum atomic E-state index is -3.94. The first-order valence-electron chi connectivity index (χ1n) is 7.59. The molecule has 0 unspecified atom stereocenters. The number of hydrogen-bond donors (Lipinski definition) is 2. The molecule has 0 aliphatic heterocycles. The van der Waals surface area contributed by atoms with Gasteiger partial charge in [0.1, 0.15) is 0 Å². The first-order valence-corrected chi connectivity index (χ1v) is 9.83. The van der Waals surface area contributed by atoms with Crippen molar-refractivity contribution in [2.24, 2.45) is 0 Å². The number of fused-ring (bicyclic) bond motifs is 1. The maximum absolute atomic E-state index is 12.7. The van der Waals surface area contributed by atoms with Gasteiger partial charge < -0.3 is 9.72 Å². The maximum Gasteiger partial charge on any atom is 0.356 e. The number of H-pyrrole nitrogens is 1. The van der Waals surface area contributed by atoms with Crippen molar-refractivity contribution in [1.82, 2.24) is 4.98 Å². The normalized spacial score (nSPS) is 11.5. The summed E-state index contributed by atoms with van der Waals surface area (Å²) in [6.07, 6.45) is 0. The Morgan fingerprint density at radius 2 is 1.88 bits per heavy atom. The zero-order valence-corrected chi connectivity index (χ0v) is 15.9. The zero-order chi connectivity index (χ0) is 18.9. The molecule has 0 aliphatic carbocycles. The van der Waals surface area contributed by atoms with Crippen LogP contribution in [0, 0.1) is 0 Å². The van der Waals surface area contributed by atoms with Gasteiger partial charge in [0.05, 0.1) is 27.7 Å². The van der Waals surface area contributed by atoms with Crippen LogP contribution in [0.1, 0.15) is 17.4 Å². The van der Waals surface area contributed by atoms with Crippen LogP contribution in [0.15, 0.2) is 47.4 Å². The zero-order valence-electron chi connectivity index (χ0n) is 13.5. The molecule has 0 saturated heterocycles. The van der Waals surface area contributed by atoms with Gasteiger partial charge in [-0.3, -0.25) is 4.72 Å². The molecular formula is C17H14Cl2N2O4S. The van der Waals surface area contributed by atoms with Crippen LogP contribution < -0.4 is 4.72 Å². The first-order chi connectivity index (χ1) is 12.3. The molecule has 6 nitrogen and oxygen atoms in total. The number of nitrogens with one attached hydrogen (secondary N) is 2. The molecule has 3 rings (SSSR count). The highest BCUT2D eigenvalue weighted by atomic mass is 35.5. The number of carbonyl (C=O) groups excluding carboxylic acids is 1. The number of benzene rings is 2. The molecular weight excluding hydrogens is 399 g/mol. The Kier molecular flexibility index (Phi) is 5.13. The fourth-order valence-electron chi connectivity index (χ4n) is 2.50. The van der Waals surface area contributed by atoms with Crippen molar-refractivity contribution in [3.8, 4) is 0 Å². The summed E-state index contributed by atoms with van der Waals surface area (Å²) in [5, 5.41) is 0.875. The molecule has 9 heteroatoms. The summed E-state index contributed by atoms with van der Waals surface area (Å²) in [7, 11) is -3.94. The molecule has 136 valence electrons. The van der Waals surface area contributed by atoms with Gasteiger partial charge >= 0.3 is 5.97 Å². The molecule has 3 aromatic rings. The fraction of sp³-hybridized carbons (Fsp3) is 0.118. The van der Waals surface area contributed by atoms with Crippen molar-refractivity contribution in [3.05, 3.63) is 58.2 Å². The van der Waals surface area contributed by atoms with Gasteiger partial charge in [0.25, 0.3) is 10.0 Å². The van der Waals surface area contributed by atoms with Crippen molar-refractivity contribution >= 4 is 55.8 Å². The number of esters is 1.